The average Bonchev–Trinajstić information content (AvgIpc) is 2.87. The molecule has 9 heteroatoms. The van der Waals surface area contributed by atoms with Gasteiger partial charge in [-0.15, -0.1) is 10.2 Å². The zero-order valence-electron chi connectivity index (χ0n) is 10.5. The molecule has 0 amide bonds. The second-order valence-electron chi connectivity index (χ2n) is 4.07. The smallest absolute Gasteiger partial charge is 0.271 e. The van der Waals surface area contributed by atoms with Crippen molar-refractivity contribution in [3.05, 3.63) is 50.9 Å². The molecule has 106 valence electrons. The van der Waals surface area contributed by atoms with Crippen LogP contribution in [0.25, 0.3) is 5.78 Å². The van der Waals surface area contributed by atoms with Gasteiger partial charge in [-0.1, -0.05) is 39.8 Å². The zero-order chi connectivity index (χ0) is 14.8. The molecule has 3 rings (SSSR count). The molecular weight excluding hydrogens is 358 g/mol. The van der Waals surface area contributed by atoms with E-state index in [1.807, 2.05) is 12.1 Å². The summed E-state index contributed by atoms with van der Waals surface area (Å²) in [4.78, 5) is 25.7. The van der Waals surface area contributed by atoms with Gasteiger partial charge in [0, 0.05) is 10.0 Å². The number of benzene rings is 1. The van der Waals surface area contributed by atoms with Crippen molar-refractivity contribution in [3.63, 3.8) is 0 Å². The summed E-state index contributed by atoms with van der Waals surface area (Å²) in [5.41, 5.74) is 0.276. The van der Waals surface area contributed by atoms with Gasteiger partial charge in [0.2, 0.25) is 5.16 Å². The standard InChI is InChI=1S/C12H8BrN5O2S/c13-8-3-1-7(2-4-8)9(19)6-21-12-17-16-11-15-10(20)5-14-18(11)12/h1-5H,6H2,(H,15,16,20). The predicted octanol–water partition coefficient (Wildman–Crippen LogP) is 1.55. The molecule has 0 fully saturated rings. The van der Waals surface area contributed by atoms with Crippen LogP contribution in [0.2, 0.25) is 0 Å². The van der Waals surface area contributed by atoms with Crippen LogP contribution in [0.4, 0.5) is 0 Å². The number of hydrogen-bond acceptors (Lipinski definition) is 6. The van der Waals surface area contributed by atoms with E-state index >= 15 is 0 Å². The third-order valence-corrected chi connectivity index (χ3v) is 4.08. The fourth-order valence-corrected chi connectivity index (χ4v) is 2.68. The number of aromatic amines is 1. The SMILES string of the molecule is O=C(CSc1nnc2[nH]c(=O)cnn12)c1ccc(Br)cc1. The summed E-state index contributed by atoms with van der Waals surface area (Å²) < 4.78 is 2.31. The lowest BCUT2D eigenvalue weighted by atomic mass is 10.2. The van der Waals surface area contributed by atoms with Crippen molar-refractivity contribution in [1.29, 1.82) is 0 Å². The minimum atomic E-state index is -0.350. The van der Waals surface area contributed by atoms with Crippen LogP contribution >= 0.6 is 27.7 Å². The van der Waals surface area contributed by atoms with Crippen LogP contribution < -0.4 is 5.56 Å². The van der Waals surface area contributed by atoms with Crippen LogP contribution in [-0.2, 0) is 0 Å². The number of hydrogen-bond donors (Lipinski definition) is 1. The number of aromatic nitrogens is 5. The highest BCUT2D eigenvalue weighted by Gasteiger charge is 2.12. The Balaban J connectivity index is 1.75. The first-order valence-corrected chi connectivity index (χ1v) is 7.63. The Bertz CT molecular complexity index is 858. The first-order chi connectivity index (χ1) is 10.1. The lowest BCUT2D eigenvalue weighted by Gasteiger charge is -2.00. The van der Waals surface area contributed by atoms with Gasteiger partial charge in [0.05, 0.1) is 5.75 Å². The van der Waals surface area contributed by atoms with Crippen LogP contribution in [-0.4, -0.2) is 36.3 Å². The van der Waals surface area contributed by atoms with Crippen LogP contribution in [0.15, 0.2) is 44.9 Å². The Morgan fingerprint density at radius 1 is 1.29 bits per heavy atom. The quantitative estimate of drug-likeness (QED) is 0.556. The van der Waals surface area contributed by atoms with Crippen molar-refractivity contribution in [2.24, 2.45) is 0 Å². The van der Waals surface area contributed by atoms with Gasteiger partial charge < -0.3 is 0 Å². The number of carbonyl (C=O) groups excluding carboxylic acids is 1. The number of carbonyl (C=O) groups is 1. The number of nitrogens with zero attached hydrogens (tertiary/aromatic N) is 4. The van der Waals surface area contributed by atoms with Crippen molar-refractivity contribution in [2.75, 3.05) is 5.75 Å². The van der Waals surface area contributed by atoms with E-state index in [4.69, 9.17) is 0 Å². The molecule has 0 saturated heterocycles. The van der Waals surface area contributed by atoms with E-state index in [1.165, 1.54) is 16.3 Å². The summed E-state index contributed by atoms with van der Waals surface area (Å²) in [6.45, 7) is 0. The lowest BCUT2D eigenvalue weighted by Crippen LogP contribution is -2.10. The predicted molar refractivity (Wildman–Crippen MR) is 80.6 cm³/mol. The Morgan fingerprint density at radius 2 is 2.05 bits per heavy atom. The highest BCUT2D eigenvalue weighted by molar-refractivity contribution is 9.10. The maximum atomic E-state index is 12.1. The van der Waals surface area contributed by atoms with Gasteiger partial charge >= 0.3 is 0 Å². The summed E-state index contributed by atoms with van der Waals surface area (Å²) >= 11 is 4.54. The molecular formula is C12H8BrN5O2S. The maximum Gasteiger partial charge on any atom is 0.271 e. The van der Waals surface area contributed by atoms with E-state index in [0.29, 0.717) is 10.7 Å². The van der Waals surface area contributed by atoms with Gasteiger partial charge in [-0.25, -0.2) is 0 Å². The van der Waals surface area contributed by atoms with Gasteiger partial charge in [-0.2, -0.15) is 9.61 Å². The molecule has 1 aromatic carbocycles. The first-order valence-electron chi connectivity index (χ1n) is 5.86. The molecule has 2 heterocycles. The van der Waals surface area contributed by atoms with Crippen molar-refractivity contribution in [2.45, 2.75) is 5.16 Å². The summed E-state index contributed by atoms with van der Waals surface area (Å²) in [5, 5.41) is 12.1. The summed E-state index contributed by atoms with van der Waals surface area (Å²) in [7, 11) is 0. The Labute approximate surface area is 130 Å². The molecule has 0 atom stereocenters. The number of halogens is 1. The number of nitrogens with one attached hydrogen (secondary N) is 1. The summed E-state index contributed by atoms with van der Waals surface area (Å²) in [6, 6.07) is 7.14. The molecule has 0 unspecified atom stereocenters. The topological polar surface area (TPSA) is 93.0 Å². The van der Waals surface area contributed by atoms with E-state index in [2.05, 4.69) is 36.2 Å². The Hall–Kier alpha value is -2.00. The van der Waals surface area contributed by atoms with Crippen molar-refractivity contribution < 1.29 is 4.79 Å². The summed E-state index contributed by atoms with van der Waals surface area (Å²) in [6.07, 6.45) is 1.14. The van der Waals surface area contributed by atoms with Crippen LogP contribution in [0.1, 0.15) is 10.4 Å². The first kappa shape index (κ1) is 14.0. The Morgan fingerprint density at radius 3 is 2.81 bits per heavy atom. The number of fused-ring (bicyclic) bond motifs is 1. The van der Waals surface area contributed by atoms with Gasteiger partial charge in [0.1, 0.15) is 6.20 Å². The van der Waals surface area contributed by atoms with Gasteiger partial charge in [0.15, 0.2) is 5.78 Å². The number of rotatable bonds is 4. The van der Waals surface area contributed by atoms with E-state index in [0.717, 1.165) is 10.7 Å². The third-order valence-electron chi connectivity index (χ3n) is 2.64. The van der Waals surface area contributed by atoms with E-state index in [-0.39, 0.29) is 22.9 Å². The third kappa shape index (κ3) is 3.03. The summed E-state index contributed by atoms with van der Waals surface area (Å²) in [5.74, 6) is 0.443. The number of ketones is 1. The van der Waals surface area contributed by atoms with Crippen LogP contribution in [0.3, 0.4) is 0 Å². The molecule has 7 nitrogen and oxygen atoms in total. The van der Waals surface area contributed by atoms with Crippen LogP contribution in [0.5, 0.6) is 0 Å². The second-order valence-corrected chi connectivity index (χ2v) is 5.93. The fraction of sp³-hybridized carbons (Fsp3) is 0.0833. The minimum absolute atomic E-state index is 0.0197. The normalized spacial score (nSPS) is 10.9. The zero-order valence-corrected chi connectivity index (χ0v) is 12.9. The average molecular weight is 366 g/mol. The molecule has 2 aromatic heterocycles. The van der Waals surface area contributed by atoms with Crippen molar-refractivity contribution in [1.82, 2.24) is 24.8 Å². The van der Waals surface area contributed by atoms with Gasteiger partial charge in [-0.3, -0.25) is 14.6 Å². The molecule has 0 aliphatic carbocycles. The molecule has 3 aromatic rings. The van der Waals surface area contributed by atoms with Crippen LogP contribution in [0, 0.1) is 0 Å². The maximum absolute atomic E-state index is 12.1. The second kappa shape index (κ2) is 5.78. The lowest BCUT2D eigenvalue weighted by molar-refractivity contribution is 0.102. The molecule has 1 N–H and O–H groups in total. The monoisotopic (exact) mass is 365 g/mol. The highest BCUT2D eigenvalue weighted by atomic mass is 79.9. The van der Waals surface area contributed by atoms with Gasteiger partial charge in [0.25, 0.3) is 11.3 Å². The number of Topliss-reactive ketones (excluding diaryl/α,β-unsaturated/α-hetero) is 1. The van der Waals surface area contributed by atoms with Crippen molar-refractivity contribution in [3.8, 4) is 0 Å². The molecule has 21 heavy (non-hydrogen) atoms. The molecule has 0 saturated carbocycles. The van der Waals surface area contributed by atoms with E-state index in [9.17, 15) is 9.59 Å². The molecule has 0 spiro atoms. The van der Waals surface area contributed by atoms with E-state index in [1.54, 1.807) is 12.1 Å². The minimum Gasteiger partial charge on any atom is -0.293 e. The fourth-order valence-electron chi connectivity index (χ4n) is 1.64. The molecule has 0 radical (unpaired) electrons. The Kier molecular flexibility index (Phi) is 3.84. The highest BCUT2D eigenvalue weighted by Crippen LogP contribution is 2.17. The number of thioether (sulfide) groups is 1. The van der Waals surface area contributed by atoms with E-state index < -0.39 is 0 Å². The number of H-pyrrole nitrogens is 1. The molecule has 0 aliphatic rings. The largest absolute Gasteiger partial charge is 0.293 e. The molecule has 0 bridgehead atoms. The van der Waals surface area contributed by atoms with Gasteiger partial charge in [-0.05, 0) is 12.1 Å². The van der Waals surface area contributed by atoms with Crippen molar-refractivity contribution >= 4 is 39.3 Å². The molecule has 0 aliphatic heterocycles.